The van der Waals surface area contributed by atoms with E-state index in [4.69, 9.17) is 0 Å². The Kier molecular flexibility index (Phi) is 2.68. The van der Waals surface area contributed by atoms with Crippen LogP contribution in [0.1, 0.15) is 16.1 Å². The summed E-state index contributed by atoms with van der Waals surface area (Å²) in [4.78, 5) is 10.8. The number of halogens is 1. The predicted molar refractivity (Wildman–Crippen MR) is 61.4 cm³/mol. The van der Waals surface area contributed by atoms with Crippen LogP contribution in [-0.2, 0) is 0 Å². The van der Waals surface area contributed by atoms with E-state index < -0.39 is 0 Å². The number of nitrogens with zero attached hydrogens (tertiary/aromatic N) is 2. The highest BCUT2D eigenvalue weighted by molar-refractivity contribution is 9.10. The Morgan fingerprint density at radius 3 is 2.53 bits per heavy atom. The number of rotatable bonds is 2. The molecule has 0 unspecified atom stereocenters. The van der Waals surface area contributed by atoms with Crippen LogP contribution < -0.4 is 0 Å². The molecule has 1 aromatic carbocycles. The van der Waals surface area contributed by atoms with Gasteiger partial charge in [-0.2, -0.15) is 5.10 Å². The van der Waals surface area contributed by atoms with Crippen molar-refractivity contribution in [3.63, 3.8) is 0 Å². The van der Waals surface area contributed by atoms with Crippen molar-refractivity contribution in [3.05, 3.63) is 46.2 Å². The Bertz CT molecular complexity index is 491. The number of carbonyl (C=O) groups is 1. The number of hydrogen-bond acceptors (Lipinski definition) is 2. The minimum atomic E-state index is 0.596. The van der Waals surface area contributed by atoms with Gasteiger partial charge < -0.3 is 0 Å². The first kappa shape index (κ1) is 10.1. The molecule has 2 aromatic rings. The highest BCUT2D eigenvalue weighted by atomic mass is 79.9. The maximum atomic E-state index is 10.8. The second-order valence-electron chi connectivity index (χ2n) is 3.16. The first-order valence-electron chi connectivity index (χ1n) is 4.49. The number of benzene rings is 1. The second kappa shape index (κ2) is 3.98. The van der Waals surface area contributed by atoms with Crippen LogP contribution in [0.5, 0.6) is 0 Å². The van der Waals surface area contributed by atoms with E-state index in [-0.39, 0.29) is 0 Å². The Morgan fingerprint density at radius 1 is 1.33 bits per heavy atom. The van der Waals surface area contributed by atoms with Gasteiger partial charge in [0.25, 0.3) is 0 Å². The SMILES string of the molecule is Cc1nn(-c2ccccc2)c(Br)c1C=O. The maximum absolute atomic E-state index is 10.8. The van der Waals surface area contributed by atoms with E-state index in [0.717, 1.165) is 17.7 Å². The van der Waals surface area contributed by atoms with Gasteiger partial charge in [0.2, 0.25) is 0 Å². The quantitative estimate of drug-likeness (QED) is 0.782. The van der Waals surface area contributed by atoms with Crippen molar-refractivity contribution in [2.24, 2.45) is 0 Å². The Morgan fingerprint density at radius 2 is 2.00 bits per heavy atom. The summed E-state index contributed by atoms with van der Waals surface area (Å²) in [5.74, 6) is 0. The molecule has 0 N–H and O–H groups in total. The molecule has 2 rings (SSSR count). The summed E-state index contributed by atoms with van der Waals surface area (Å²) >= 11 is 3.37. The van der Waals surface area contributed by atoms with E-state index in [1.165, 1.54) is 0 Å². The molecular weight excluding hydrogens is 256 g/mol. The molecule has 0 bridgehead atoms. The van der Waals surface area contributed by atoms with Crippen LogP contribution in [0.4, 0.5) is 0 Å². The monoisotopic (exact) mass is 264 g/mol. The molecular formula is C11H9BrN2O. The summed E-state index contributed by atoms with van der Waals surface area (Å²) in [7, 11) is 0. The van der Waals surface area contributed by atoms with Crippen LogP contribution in [0, 0.1) is 6.92 Å². The van der Waals surface area contributed by atoms with Crippen molar-refractivity contribution in [2.45, 2.75) is 6.92 Å². The Balaban J connectivity index is 2.60. The fraction of sp³-hybridized carbons (Fsp3) is 0.0909. The normalized spacial score (nSPS) is 10.3. The molecule has 76 valence electrons. The molecule has 0 aliphatic carbocycles. The van der Waals surface area contributed by atoms with Gasteiger partial charge in [-0.3, -0.25) is 4.79 Å². The van der Waals surface area contributed by atoms with E-state index >= 15 is 0 Å². The van der Waals surface area contributed by atoms with E-state index in [1.807, 2.05) is 37.3 Å². The molecule has 4 heteroatoms. The van der Waals surface area contributed by atoms with Gasteiger partial charge >= 0.3 is 0 Å². The molecule has 0 aliphatic heterocycles. The lowest BCUT2D eigenvalue weighted by atomic mass is 10.3. The van der Waals surface area contributed by atoms with Crippen molar-refractivity contribution < 1.29 is 4.79 Å². The molecule has 0 amide bonds. The smallest absolute Gasteiger partial charge is 0.154 e. The molecule has 0 atom stereocenters. The number of para-hydroxylation sites is 1. The topological polar surface area (TPSA) is 34.9 Å². The molecule has 0 aliphatic rings. The molecule has 15 heavy (non-hydrogen) atoms. The number of aldehydes is 1. The van der Waals surface area contributed by atoms with Gasteiger partial charge in [0.05, 0.1) is 16.9 Å². The third-order valence-corrected chi connectivity index (χ3v) is 2.93. The summed E-state index contributed by atoms with van der Waals surface area (Å²) in [5, 5.41) is 4.29. The van der Waals surface area contributed by atoms with Crippen molar-refractivity contribution in [2.75, 3.05) is 0 Å². The summed E-state index contributed by atoms with van der Waals surface area (Å²) in [6.45, 7) is 1.81. The lowest BCUT2D eigenvalue weighted by Gasteiger charge is -2.01. The number of carbonyl (C=O) groups excluding carboxylic acids is 1. The molecule has 0 radical (unpaired) electrons. The lowest BCUT2D eigenvalue weighted by molar-refractivity contribution is 0.112. The van der Waals surface area contributed by atoms with E-state index in [2.05, 4.69) is 21.0 Å². The maximum Gasteiger partial charge on any atom is 0.154 e. The summed E-state index contributed by atoms with van der Waals surface area (Å²) in [6, 6.07) is 9.67. The molecule has 0 saturated carbocycles. The average molecular weight is 265 g/mol. The third kappa shape index (κ3) is 1.72. The molecule has 3 nitrogen and oxygen atoms in total. The minimum Gasteiger partial charge on any atom is -0.298 e. The van der Waals surface area contributed by atoms with Gasteiger partial charge in [0, 0.05) is 0 Å². The fourth-order valence-corrected chi connectivity index (χ4v) is 2.05. The van der Waals surface area contributed by atoms with Gasteiger partial charge in [-0.25, -0.2) is 4.68 Å². The zero-order valence-electron chi connectivity index (χ0n) is 8.14. The first-order valence-corrected chi connectivity index (χ1v) is 5.29. The average Bonchev–Trinajstić information content (AvgIpc) is 2.55. The van der Waals surface area contributed by atoms with E-state index in [1.54, 1.807) is 4.68 Å². The molecule has 0 saturated heterocycles. The zero-order chi connectivity index (χ0) is 10.8. The zero-order valence-corrected chi connectivity index (χ0v) is 9.73. The standard InChI is InChI=1S/C11H9BrN2O/c1-8-10(7-15)11(12)14(13-8)9-5-3-2-4-6-9/h2-7H,1H3. The Hall–Kier alpha value is -1.42. The molecule has 1 aromatic heterocycles. The van der Waals surface area contributed by atoms with Gasteiger partial charge in [0.1, 0.15) is 4.60 Å². The number of hydrogen-bond donors (Lipinski definition) is 0. The summed E-state index contributed by atoms with van der Waals surface area (Å²) in [6.07, 6.45) is 0.811. The van der Waals surface area contributed by atoms with Gasteiger partial charge in [0.15, 0.2) is 6.29 Å². The lowest BCUT2D eigenvalue weighted by Crippen LogP contribution is -1.96. The van der Waals surface area contributed by atoms with Gasteiger partial charge in [-0.1, -0.05) is 18.2 Å². The van der Waals surface area contributed by atoms with Crippen molar-refractivity contribution in [1.82, 2.24) is 9.78 Å². The Labute approximate surface area is 95.9 Å². The van der Waals surface area contributed by atoms with E-state index in [9.17, 15) is 4.79 Å². The minimum absolute atomic E-state index is 0.596. The van der Waals surface area contributed by atoms with Crippen LogP contribution in [0.25, 0.3) is 5.69 Å². The molecule has 1 heterocycles. The highest BCUT2D eigenvalue weighted by Crippen LogP contribution is 2.22. The van der Waals surface area contributed by atoms with Crippen LogP contribution in [-0.4, -0.2) is 16.1 Å². The molecule has 0 spiro atoms. The first-order chi connectivity index (χ1) is 7.24. The fourth-order valence-electron chi connectivity index (χ4n) is 1.39. The van der Waals surface area contributed by atoms with Crippen LogP contribution in [0.3, 0.4) is 0 Å². The van der Waals surface area contributed by atoms with Crippen molar-refractivity contribution in [1.29, 1.82) is 0 Å². The third-order valence-electron chi connectivity index (χ3n) is 2.17. The number of aromatic nitrogens is 2. The van der Waals surface area contributed by atoms with Crippen LogP contribution >= 0.6 is 15.9 Å². The van der Waals surface area contributed by atoms with Crippen LogP contribution in [0.15, 0.2) is 34.9 Å². The largest absolute Gasteiger partial charge is 0.298 e. The second-order valence-corrected chi connectivity index (χ2v) is 3.91. The van der Waals surface area contributed by atoms with Crippen LogP contribution in [0.2, 0.25) is 0 Å². The van der Waals surface area contributed by atoms with E-state index in [0.29, 0.717) is 10.2 Å². The predicted octanol–water partition coefficient (Wildman–Crippen LogP) is 2.76. The summed E-state index contributed by atoms with van der Waals surface area (Å²) in [5.41, 5.74) is 2.25. The highest BCUT2D eigenvalue weighted by Gasteiger charge is 2.12. The molecule has 0 fully saturated rings. The number of aryl methyl sites for hydroxylation is 1. The van der Waals surface area contributed by atoms with Crippen molar-refractivity contribution >= 4 is 22.2 Å². The van der Waals surface area contributed by atoms with Crippen molar-refractivity contribution in [3.8, 4) is 5.69 Å². The summed E-state index contributed by atoms with van der Waals surface area (Å²) < 4.78 is 2.40. The van der Waals surface area contributed by atoms with Gasteiger partial charge in [-0.05, 0) is 35.0 Å². The van der Waals surface area contributed by atoms with Gasteiger partial charge in [-0.15, -0.1) is 0 Å².